The molecule has 2 N–H and O–H groups in total. The molecule has 96 valence electrons. The van der Waals surface area contributed by atoms with Crippen LogP contribution in [-0.4, -0.2) is 34.4 Å². The van der Waals surface area contributed by atoms with Crippen LogP contribution in [0.2, 0.25) is 0 Å². The average Bonchev–Trinajstić information content (AvgIpc) is 1.99. The molecule has 0 aliphatic carbocycles. The van der Waals surface area contributed by atoms with Crippen LogP contribution in [0.3, 0.4) is 0 Å². The lowest BCUT2D eigenvalue weighted by atomic mass is 9.83. The third-order valence-corrected chi connectivity index (χ3v) is 3.52. The van der Waals surface area contributed by atoms with Crippen molar-refractivity contribution < 1.29 is 5.32 Å². The Kier molecular flexibility index (Phi) is 6.15. The largest absolute Gasteiger partial charge is 0.411 e. The number of nitrogens with zero attached hydrogens (tertiary/aromatic N) is 1. The Morgan fingerprint density at radius 3 is 1.56 bits per heavy atom. The van der Waals surface area contributed by atoms with E-state index in [0.717, 1.165) is 0 Å². The molecule has 0 radical (unpaired) electrons. The van der Waals surface area contributed by atoms with E-state index in [0.29, 0.717) is 15.4 Å². The standard InChI is InChI=1S/C9H19N.C3H7NS2/c1-8(2)6-5-7-9(3,4)10-8;1-4(2)3(5)6/h10H,5-7H2,1-4H3;1-2H3,(H,5,6). The minimum atomic E-state index is 0.488. The summed E-state index contributed by atoms with van der Waals surface area (Å²) >= 11 is 9.12. The van der Waals surface area contributed by atoms with Crippen molar-refractivity contribution in [2.75, 3.05) is 14.1 Å². The van der Waals surface area contributed by atoms with Gasteiger partial charge in [0.1, 0.15) is 0 Å². The number of piperidine rings is 1. The van der Waals surface area contributed by atoms with Crippen LogP contribution in [-0.2, 0) is 12.6 Å². The van der Waals surface area contributed by atoms with Gasteiger partial charge in [-0.05, 0) is 34.1 Å². The van der Waals surface area contributed by atoms with E-state index in [2.05, 4.69) is 57.9 Å². The average molecular weight is 262 g/mol. The van der Waals surface area contributed by atoms with Gasteiger partial charge < -0.3 is 35.1 Å². The summed E-state index contributed by atoms with van der Waals surface area (Å²) in [6, 6.07) is 0. The van der Waals surface area contributed by atoms with E-state index in [1.165, 1.54) is 19.3 Å². The zero-order valence-corrected chi connectivity index (χ0v) is 13.1. The summed E-state index contributed by atoms with van der Waals surface area (Å²) in [5.74, 6) is 0. The molecule has 0 saturated carbocycles. The van der Waals surface area contributed by atoms with Gasteiger partial charge in [0, 0.05) is 26.9 Å². The van der Waals surface area contributed by atoms with Crippen molar-refractivity contribution in [3.05, 3.63) is 0 Å². The SMILES string of the molecule is CC1(C)CCCC(C)(C)[NH2+]1.CN(C)C(=S)[S-]. The van der Waals surface area contributed by atoms with Gasteiger partial charge in [0.2, 0.25) is 0 Å². The van der Waals surface area contributed by atoms with E-state index in [1.54, 1.807) is 4.90 Å². The van der Waals surface area contributed by atoms with Gasteiger partial charge in [0.05, 0.1) is 11.1 Å². The van der Waals surface area contributed by atoms with Gasteiger partial charge in [-0.3, -0.25) is 0 Å². The zero-order chi connectivity index (χ0) is 13.0. The predicted octanol–water partition coefficient (Wildman–Crippen LogP) is 1.67. The Hall–Kier alpha value is 0.0700. The van der Waals surface area contributed by atoms with Crippen LogP contribution < -0.4 is 5.32 Å². The molecular formula is C12H26N2S2. The molecular weight excluding hydrogens is 236 g/mol. The quantitative estimate of drug-likeness (QED) is 0.530. The van der Waals surface area contributed by atoms with Crippen molar-refractivity contribution >= 4 is 29.2 Å². The summed E-state index contributed by atoms with van der Waals surface area (Å²) in [5.41, 5.74) is 0.976. The topological polar surface area (TPSA) is 19.9 Å². The molecule has 4 heteroatoms. The first-order valence-electron chi connectivity index (χ1n) is 5.81. The van der Waals surface area contributed by atoms with E-state index >= 15 is 0 Å². The fraction of sp³-hybridized carbons (Fsp3) is 0.917. The Labute approximate surface area is 112 Å². The summed E-state index contributed by atoms with van der Waals surface area (Å²) in [4.78, 5) is 1.71. The summed E-state index contributed by atoms with van der Waals surface area (Å²) in [5, 5.41) is 2.52. The number of nitrogens with two attached hydrogens (primary N) is 1. The van der Waals surface area contributed by atoms with Crippen LogP contribution in [0.5, 0.6) is 0 Å². The lowest BCUT2D eigenvalue weighted by Gasteiger charge is -2.38. The van der Waals surface area contributed by atoms with Gasteiger partial charge in [-0.2, -0.15) is 0 Å². The number of quaternary nitrogens is 1. The minimum absolute atomic E-state index is 0.488. The second-order valence-electron chi connectivity index (χ2n) is 6.14. The third-order valence-electron chi connectivity index (χ3n) is 2.79. The molecule has 0 bridgehead atoms. The second kappa shape index (κ2) is 6.12. The maximum atomic E-state index is 4.56. The lowest BCUT2D eigenvalue weighted by molar-refractivity contribution is -0.787. The maximum absolute atomic E-state index is 4.56. The molecule has 0 aromatic carbocycles. The molecule has 0 aromatic heterocycles. The highest BCUT2D eigenvalue weighted by Gasteiger charge is 2.35. The highest BCUT2D eigenvalue weighted by molar-refractivity contribution is 8.00. The first kappa shape index (κ1) is 16.1. The van der Waals surface area contributed by atoms with Gasteiger partial charge in [-0.1, -0.05) is 4.32 Å². The molecule has 1 rings (SSSR count). The van der Waals surface area contributed by atoms with Gasteiger partial charge in [-0.25, -0.2) is 0 Å². The number of hydrogen-bond donors (Lipinski definition) is 1. The van der Waals surface area contributed by atoms with E-state index in [4.69, 9.17) is 0 Å². The zero-order valence-electron chi connectivity index (χ0n) is 11.5. The smallest absolute Gasteiger partial charge is 0.0908 e. The lowest BCUT2D eigenvalue weighted by Crippen LogP contribution is -3.04. The molecule has 1 saturated heterocycles. The minimum Gasteiger partial charge on any atom is -0.411 e. The molecule has 2 nitrogen and oxygen atoms in total. The molecule has 1 aliphatic heterocycles. The molecule has 16 heavy (non-hydrogen) atoms. The molecule has 0 amide bonds. The van der Waals surface area contributed by atoms with Crippen molar-refractivity contribution in [1.29, 1.82) is 0 Å². The molecule has 0 aromatic rings. The molecule has 0 spiro atoms. The van der Waals surface area contributed by atoms with Crippen LogP contribution in [0.1, 0.15) is 47.0 Å². The van der Waals surface area contributed by atoms with Crippen molar-refractivity contribution in [3.8, 4) is 0 Å². The van der Waals surface area contributed by atoms with Crippen molar-refractivity contribution in [1.82, 2.24) is 4.90 Å². The summed E-state index contributed by atoms with van der Waals surface area (Å²) in [6.45, 7) is 9.36. The van der Waals surface area contributed by atoms with E-state index in [-0.39, 0.29) is 0 Å². The van der Waals surface area contributed by atoms with E-state index < -0.39 is 0 Å². The Bertz CT molecular complexity index is 221. The van der Waals surface area contributed by atoms with Crippen LogP contribution in [0.15, 0.2) is 0 Å². The summed E-state index contributed by atoms with van der Waals surface area (Å²) in [6.07, 6.45) is 4.14. The molecule has 1 aliphatic rings. The van der Waals surface area contributed by atoms with Gasteiger partial charge in [0.25, 0.3) is 0 Å². The third kappa shape index (κ3) is 7.36. The molecule has 1 fully saturated rings. The van der Waals surface area contributed by atoms with Crippen molar-refractivity contribution in [2.24, 2.45) is 0 Å². The summed E-state index contributed by atoms with van der Waals surface area (Å²) in [7, 11) is 3.66. The fourth-order valence-corrected chi connectivity index (χ4v) is 2.20. The Morgan fingerprint density at radius 1 is 1.12 bits per heavy atom. The highest BCUT2D eigenvalue weighted by atomic mass is 32.1. The molecule has 1 heterocycles. The first-order chi connectivity index (χ1) is 7.06. The highest BCUT2D eigenvalue weighted by Crippen LogP contribution is 2.20. The number of rotatable bonds is 0. The predicted molar refractivity (Wildman–Crippen MR) is 77.6 cm³/mol. The number of hydrogen-bond acceptors (Lipinski definition) is 2. The van der Waals surface area contributed by atoms with Gasteiger partial charge in [0.15, 0.2) is 0 Å². The van der Waals surface area contributed by atoms with Crippen LogP contribution in [0.25, 0.3) is 0 Å². The normalized spacial score (nSPS) is 21.6. The summed E-state index contributed by atoms with van der Waals surface area (Å²) < 4.78 is 0.509. The maximum Gasteiger partial charge on any atom is 0.0908 e. The van der Waals surface area contributed by atoms with E-state index in [9.17, 15) is 0 Å². The van der Waals surface area contributed by atoms with E-state index in [1.807, 2.05) is 14.1 Å². The van der Waals surface area contributed by atoms with Gasteiger partial charge >= 0.3 is 0 Å². The van der Waals surface area contributed by atoms with Crippen molar-refractivity contribution in [2.45, 2.75) is 58.0 Å². The van der Waals surface area contributed by atoms with Gasteiger partial charge in [-0.15, -0.1) is 0 Å². The molecule has 0 atom stereocenters. The van der Waals surface area contributed by atoms with Crippen LogP contribution in [0.4, 0.5) is 0 Å². The van der Waals surface area contributed by atoms with Crippen LogP contribution in [0, 0.1) is 0 Å². The number of thiocarbonyl (C=S) groups is 1. The fourth-order valence-electron chi connectivity index (χ4n) is 2.20. The van der Waals surface area contributed by atoms with Crippen molar-refractivity contribution in [3.63, 3.8) is 0 Å². The Balaban J connectivity index is 0.000000325. The second-order valence-corrected chi connectivity index (χ2v) is 7.17. The Morgan fingerprint density at radius 2 is 1.44 bits per heavy atom. The van der Waals surface area contributed by atoms with Crippen LogP contribution >= 0.6 is 12.2 Å². The first-order valence-corrected chi connectivity index (χ1v) is 6.63. The monoisotopic (exact) mass is 262 g/mol. The molecule has 0 unspecified atom stereocenters.